The van der Waals surface area contributed by atoms with Gasteiger partial charge in [0.1, 0.15) is 10.8 Å². The molecule has 0 unspecified atom stereocenters. The number of aromatic hydroxyl groups is 1. The third-order valence-electron chi connectivity index (χ3n) is 3.41. The van der Waals surface area contributed by atoms with Crippen molar-refractivity contribution in [2.75, 3.05) is 0 Å². The van der Waals surface area contributed by atoms with Gasteiger partial charge in [-0.25, -0.2) is 4.98 Å². The van der Waals surface area contributed by atoms with Crippen molar-refractivity contribution in [1.29, 1.82) is 0 Å². The SMILES string of the molecule is O=C(O)CCC(=Cc1ccc(O)cc1)c1nc2ccccc2s1. The first kappa shape index (κ1) is 15.2. The minimum absolute atomic E-state index is 0.0554. The van der Waals surface area contributed by atoms with Gasteiger partial charge < -0.3 is 10.2 Å². The molecule has 1 aromatic heterocycles. The van der Waals surface area contributed by atoms with Crippen molar-refractivity contribution in [2.24, 2.45) is 0 Å². The molecule has 2 aromatic carbocycles. The minimum Gasteiger partial charge on any atom is -0.508 e. The Morgan fingerprint density at radius 3 is 2.52 bits per heavy atom. The van der Waals surface area contributed by atoms with Crippen molar-refractivity contribution < 1.29 is 15.0 Å². The molecule has 0 aliphatic carbocycles. The lowest BCUT2D eigenvalue weighted by molar-refractivity contribution is -0.136. The Morgan fingerprint density at radius 1 is 1.09 bits per heavy atom. The first-order valence-corrected chi connectivity index (χ1v) is 8.01. The number of para-hydroxylation sites is 1. The Balaban J connectivity index is 2.00. The predicted octanol–water partition coefficient (Wildman–Crippen LogP) is 4.41. The van der Waals surface area contributed by atoms with E-state index >= 15 is 0 Å². The summed E-state index contributed by atoms with van der Waals surface area (Å²) in [7, 11) is 0. The third kappa shape index (κ3) is 3.76. The van der Waals surface area contributed by atoms with Crippen molar-refractivity contribution in [3.8, 4) is 5.75 Å². The highest BCUT2D eigenvalue weighted by Gasteiger charge is 2.11. The van der Waals surface area contributed by atoms with Crippen molar-refractivity contribution in [1.82, 2.24) is 4.98 Å². The number of carboxylic acids is 1. The molecule has 5 heteroatoms. The van der Waals surface area contributed by atoms with E-state index in [1.807, 2.05) is 30.3 Å². The minimum atomic E-state index is -0.831. The van der Waals surface area contributed by atoms with Gasteiger partial charge in [0.2, 0.25) is 0 Å². The van der Waals surface area contributed by atoms with E-state index in [0.29, 0.717) is 6.42 Å². The van der Waals surface area contributed by atoms with Gasteiger partial charge in [-0.15, -0.1) is 11.3 Å². The topological polar surface area (TPSA) is 70.4 Å². The fourth-order valence-corrected chi connectivity index (χ4v) is 3.27. The summed E-state index contributed by atoms with van der Waals surface area (Å²) in [5.41, 5.74) is 2.71. The van der Waals surface area contributed by atoms with Crippen LogP contribution in [0.2, 0.25) is 0 Å². The third-order valence-corrected chi connectivity index (χ3v) is 4.52. The van der Waals surface area contributed by atoms with Crippen LogP contribution < -0.4 is 0 Å². The molecular weight excluding hydrogens is 310 g/mol. The van der Waals surface area contributed by atoms with Crippen LogP contribution in [0.15, 0.2) is 48.5 Å². The number of hydrogen-bond acceptors (Lipinski definition) is 4. The van der Waals surface area contributed by atoms with Crippen LogP contribution in [0.5, 0.6) is 5.75 Å². The molecule has 0 saturated carbocycles. The maximum absolute atomic E-state index is 10.9. The Labute approximate surface area is 137 Å². The van der Waals surface area contributed by atoms with Gasteiger partial charge in [-0.3, -0.25) is 4.79 Å². The molecule has 0 fully saturated rings. The monoisotopic (exact) mass is 325 g/mol. The first-order chi connectivity index (χ1) is 11.1. The standard InChI is InChI=1S/C18H15NO3S/c20-14-8-5-12(6-9-14)11-13(7-10-17(21)22)18-19-15-3-1-2-4-16(15)23-18/h1-6,8-9,11,20H,7,10H2,(H,21,22). The maximum atomic E-state index is 10.9. The lowest BCUT2D eigenvalue weighted by Gasteiger charge is -2.03. The molecule has 116 valence electrons. The van der Waals surface area contributed by atoms with Crippen LogP contribution in [0.3, 0.4) is 0 Å². The Kier molecular flexibility index (Phi) is 4.39. The Morgan fingerprint density at radius 2 is 1.83 bits per heavy atom. The molecule has 0 aliphatic rings. The molecule has 3 aromatic rings. The highest BCUT2D eigenvalue weighted by atomic mass is 32.1. The van der Waals surface area contributed by atoms with Crippen molar-refractivity contribution in [3.05, 3.63) is 59.1 Å². The van der Waals surface area contributed by atoms with Gasteiger partial charge >= 0.3 is 5.97 Å². The normalized spacial score (nSPS) is 11.7. The van der Waals surface area contributed by atoms with Crippen LogP contribution in [0.1, 0.15) is 23.4 Å². The number of fused-ring (bicyclic) bond motifs is 1. The number of allylic oxidation sites excluding steroid dienone is 1. The lowest BCUT2D eigenvalue weighted by atomic mass is 10.1. The van der Waals surface area contributed by atoms with Gasteiger partial charge in [-0.2, -0.15) is 0 Å². The molecule has 4 nitrogen and oxygen atoms in total. The van der Waals surface area contributed by atoms with E-state index in [2.05, 4.69) is 4.98 Å². The zero-order valence-corrected chi connectivity index (χ0v) is 13.1. The van der Waals surface area contributed by atoms with Crippen LogP contribution in [0.25, 0.3) is 21.9 Å². The fraction of sp³-hybridized carbons (Fsp3) is 0.111. The number of phenols is 1. The number of phenolic OH excluding ortho intramolecular Hbond substituents is 1. The quantitative estimate of drug-likeness (QED) is 0.729. The second kappa shape index (κ2) is 6.62. The van der Waals surface area contributed by atoms with Crippen LogP contribution >= 0.6 is 11.3 Å². The smallest absolute Gasteiger partial charge is 0.303 e. The van der Waals surface area contributed by atoms with Crippen molar-refractivity contribution in [2.45, 2.75) is 12.8 Å². The number of hydrogen-bond donors (Lipinski definition) is 2. The number of thiazole rings is 1. The summed E-state index contributed by atoms with van der Waals surface area (Å²) in [4.78, 5) is 15.5. The van der Waals surface area contributed by atoms with E-state index in [0.717, 1.165) is 26.4 Å². The average molecular weight is 325 g/mol. The van der Waals surface area contributed by atoms with E-state index < -0.39 is 5.97 Å². The van der Waals surface area contributed by atoms with Crippen molar-refractivity contribution in [3.63, 3.8) is 0 Å². The second-order valence-corrected chi connectivity index (χ2v) is 6.17. The zero-order valence-electron chi connectivity index (χ0n) is 12.3. The molecule has 1 heterocycles. The lowest BCUT2D eigenvalue weighted by Crippen LogP contribution is -1.95. The fourth-order valence-electron chi connectivity index (χ4n) is 2.26. The molecule has 0 atom stereocenters. The van der Waals surface area contributed by atoms with Crippen molar-refractivity contribution >= 4 is 39.2 Å². The van der Waals surface area contributed by atoms with Gasteiger partial charge in [0, 0.05) is 6.42 Å². The molecule has 0 aliphatic heterocycles. The molecule has 0 spiro atoms. The average Bonchev–Trinajstić information content (AvgIpc) is 2.97. The molecule has 3 rings (SSSR count). The van der Waals surface area contributed by atoms with Gasteiger partial charge in [0.15, 0.2) is 0 Å². The van der Waals surface area contributed by atoms with E-state index in [1.165, 1.54) is 0 Å². The molecule has 0 bridgehead atoms. The number of carbonyl (C=O) groups is 1. The highest BCUT2D eigenvalue weighted by molar-refractivity contribution is 7.19. The van der Waals surface area contributed by atoms with E-state index in [-0.39, 0.29) is 12.2 Å². The summed E-state index contributed by atoms with van der Waals surface area (Å²) in [6.07, 6.45) is 2.40. The molecular formula is C18H15NO3S. The van der Waals surface area contributed by atoms with Crippen LogP contribution in [0.4, 0.5) is 0 Å². The molecule has 0 amide bonds. The molecule has 0 saturated heterocycles. The summed E-state index contributed by atoms with van der Waals surface area (Å²) >= 11 is 1.56. The van der Waals surface area contributed by atoms with E-state index in [9.17, 15) is 9.90 Å². The van der Waals surface area contributed by atoms with E-state index in [1.54, 1.807) is 35.6 Å². The van der Waals surface area contributed by atoms with Gasteiger partial charge in [0.25, 0.3) is 0 Å². The number of aromatic nitrogens is 1. The summed E-state index contributed by atoms with van der Waals surface area (Å²) in [6, 6.07) is 14.7. The summed E-state index contributed by atoms with van der Waals surface area (Å²) in [5.74, 6) is -0.628. The molecule has 2 N–H and O–H groups in total. The van der Waals surface area contributed by atoms with Crippen LogP contribution in [-0.2, 0) is 4.79 Å². The second-order valence-electron chi connectivity index (χ2n) is 5.14. The number of carboxylic acid groups (broad SMARTS) is 1. The summed E-state index contributed by atoms with van der Waals surface area (Å²) in [6.45, 7) is 0. The maximum Gasteiger partial charge on any atom is 0.303 e. The predicted molar refractivity (Wildman–Crippen MR) is 92.5 cm³/mol. The number of rotatable bonds is 5. The summed E-state index contributed by atoms with van der Waals surface area (Å²) < 4.78 is 1.08. The molecule has 0 radical (unpaired) electrons. The first-order valence-electron chi connectivity index (χ1n) is 7.19. The largest absolute Gasteiger partial charge is 0.508 e. The number of nitrogens with zero attached hydrogens (tertiary/aromatic N) is 1. The van der Waals surface area contributed by atoms with Crippen LogP contribution in [-0.4, -0.2) is 21.2 Å². The highest BCUT2D eigenvalue weighted by Crippen LogP contribution is 2.31. The number of benzene rings is 2. The number of aliphatic carboxylic acids is 1. The zero-order chi connectivity index (χ0) is 16.2. The van der Waals surface area contributed by atoms with E-state index in [4.69, 9.17) is 5.11 Å². The Bertz CT molecular complexity index is 832. The van der Waals surface area contributed by atoms with Gasteiger partial charge in [0.05, 0.1) is 10.2 Å². The Hall–Kier alpha value is -2.66. The molecule has 23 heavy (non-hydrogen) atoms. The summed E-state index contributed by atoms with van der Waals surface area (Å²) in [5, 5.41) is 19.2. The van der Waals surface area contributed by atoms with Gasteiger partial charge in [-0.05, 0) is 47.9 Å². The van der Waals surface area contributed by atoms with Crippen LogP contribution in [0, 0.1) is 0 Å². The van der Waals surface area contributed by atoms with Gasteiger partial charge in [-0.1, -0.05) is 24.3 Å².